The Hall–Kier alpha value is -0.690. The Morgan fingerprint density at radius 3 is 2.24 bits per heavy atom. The summed E-state index contributed by atoms with van der Waals surface area (Å²) in [7, 11) is 3.44. The first-order chi connectivity index (χ1) is 13.5. The molecule has 1 unspecified atom stereocenters. The van der Waals surface area contributed by atoms with Crippen molar-refractivity contribution >= 4 is 12.3 Å². The molecule has 0 fully saturated rings. The normalized spacial score (nSPS) is 10.5. The van der Waals surface area contributed by atoms with Gasteiger partial charge >= 0.3 is 29.6 Å². The van der Waals surface area contributed by atoms with Crippen LogP contribution in [0.15, 0.2) is 12.5 Å². The molecule has 29 heavy (non-hydrogen) atoms. The van der Waals surface area contributed by atoms with Gasteiger partial charge in [0.25, 0.3) is 0 Å². The van der Waals surface area contributed by atoms with Crippen LogP contribution in [0.25, 0.3) is 0 Å². The minimum atomic E-state index is -1.04. The number of imidazole rings is 1. The first-order valence-corrected chi connectivity index (χ1v) is 10.6. The van der Waals surface area contributed by atoms with E-state index in [9.17, 15) is 14.7 Å². The number of aldehydes is 1. The topological polar surface area (TPSA) is 84.2 Å². The number of unbranched alkanes of at least 4 members (excludes halogenated alkanes) is 7. The maximum absolute atomic E-state index is 10.5. The molecule has 0 spiro atoms. The van der Waals surface area contributed by atoms with Gasteiger partial charge in [0, 0.05) is 45.0 Å². The van der Waals surface area contributed by atoms with Crippen LogP contribution in [0.4, 0.5) is 0 Å². The van der Waals surface area contributed by atoms with Gasteiger partial charge in [0.1, 0.15) is 6.29 Å². The molecule has 0 bridgehead atoms. The third-order valence-electron chi connectivity index (χ3n) is 4.20. The van der Waals surface area contributed by atoms with Gasteiger partial charge < -0.3 is 24.0 Å². The SMILES string of the molecule is CC.CCCCCCCCCC=O.COCC(CC(=O)[O-])Cc1cncn1C.[Na+]. The number of aryl methyl sites for hydroxylation is 1. The Bertz CT molecular complexity index is 481. The van der Waals surface area contributed by atoms with Gasteiger partial charge in [-0.2, -0.15) is 0 Å². The van der Waals surface area contributed by atoms with Crippen LogP contribution in [-0.4, -0.2) is 35.5 Å². The predicted molar refractivity (Wildman–Crippen MR) is 112 cm³/mol. The summed E-state index contributed by atoms with van der Waals surface area (Å²) in [6.07, 6.45) is 14.9. The molecular weight excluding hydrogens is 379 g/mol. The van der Waals surface area contributed by atoms with Gasteiger partial charge in [-0.1, -0.05) is 59.3 Å². The molecule has 1 atom stereocenters. The zero-order valence-electron chi connectivity index (χ0n) is 19.6. The molecule has 7 heteroatoms. The first-order valence-electron chi connectivity index (χ1n) is 10.6. The summed E-state index contributed by atoms with van der Waals surface area (Å²) in [4.78, 5) is 24.4. The molecule has 0 aliphatic rings. The monoisotopic (exact) mass is 420 g/mol. The zero-order valence-corrected chi connectivity index (χ0v) is 21.6. The van der Waals surface area contributed by atoms with Gasteiger partial charge in [0.05, 0.1) is 6.33 Å². The minimum Gasteiger partial charge on any atom is -0.550 e. The molecule has 1 aromatic heterocycles. The van der Waals surface area contributed by atoms with E-state index in [-0.39, 0.29) is 41.9 Å². The van der Waals surface area contributed by atoms with E-state index in [4.69, 9.17) is 4.74 Å². The second kappa shape index (κ2) is 25.3. The molecule has 1 heterocycles. The van der Waals surface area contributed by atoms with Gasteiger partial charge in [0.15, 0.2) is 0 Å². The largest absolute Gasteiger partial charge is 1.00 e. The smallest absolute Gasteiger partial charge is 0.550 e. The number of nitrogens with zero attached hydrogens (tertiary/aromatic N) is 2. The molecule has 0 amide bonds. The van der Waals surface area contributed by atoms with E-state index in [1.54, 1.807) is 19.6 Å². The molecule has 0 aliphatic heterocycles. The van der Waals surface area contributed by atoms with Crippen LogP contribution >= 0.6 is 0 Å². The second-order valence-electron chi connectivity index (χ2n) is 6.67. The number of aromatic nitrogens is 2. The summed E-state index contributed by atoms with van der Waals surface area (Å²) >= 11 is 0. The molecule has 6 nitrogen and oxygen atoms in total. The van der Waals surface area contributed by atoms with Crippen molar-refractivity contribution in [3.8, 4) is 0 Å². The summed E-state index contributed by atoms with van der Waals surface area (Å²) < 4.78 is 6.85. The number of hydrogen-bond acceptors (Lipinski definition) is 5. The third-order valence-corrected chi connectivity index (χ3v) is 4.20. The maximum atomic E-state index is 10.5. The van der Waals surface area contributed by atoms with Crippen LogP contribution in [0.3, 0.4) is 0 Å². The fraction of sp³-hybridized carbons (Fsp3) is 0.773. The van der Waals surface area contributed by atoms with Crippen molar-refractivity contribution < 1.29 is 49.0 Å². The maximum Gasteiger partial charge on any atom is 1.00 e. The van der Waals surface area contributed by atoms with E-state index in [1.807, 2.05) is 25.5 Å². The Kier molecular flexibility index (Phi) is 28.8. The third kappa shape index (κ3) is 21.8. The van der Waals surface area contributed by atoms with Crippen LogP contribution in [-0.2, 0) is 27.8 Å². The van der Waals surface area contributed by atoms with E-state index in [0.717, 1.165) is 24.8 Å². The van der Waals surface area contributed by atoms with E-state index in [0.29, 0.717) is 13.0 Å². The van der Waals surface area contributed by atoms with Crippen molar-refractivity contribution in [3.05, 3.63) is 18.2 Å². The molecule has 0 saturated carbocycles. The molecule has 0 aliphatic carbocycles. The summed E-state index contributed by atoms with van der Waals surface area (Å²) in [5.41, 5.74) is 0.998. The molecule has 1 aromatic rings. The van der Waals surface area contributed by atoms with Crippen molar-refractivity contribution in [3.63, 3.8) is 0 Å². The predicted octanol–water partition coefficient (Wildman–Crippen LogP) is 0.721. The van der Waals surface area contributed by atoms with E-state index < -0.39 is 5.97 Å². The Balaban J connectivity index is -0.000000433. The number of ether oxygens (including phenoxy) is 1. The van der Waals surface area contributed by atoms with Crippen LogP contribution in [0.5, 0.6) is 0 Å². The molecule has 0 aromatic carbocycles. The van der Waals surface area contributed by atoms with Crippen LogP contribution in [0.1, 0.15) is 84.3 Å². The van der Waals surface area contributed by atoms with E-state index in [2.05, 4.69) is 11.9 Å². The summed E-state index contributed by atoms with van der Waals surface area (Å²) in [5, 5.41) is 10.5. The van der Waals surface area contributed by atoms with E-state index in [1.165, 1.54) is 38.5 Å². The number of carboxylic acid groups (broad SMARTS) is 1. The molecule has 164 valence electrons. The molecule has 0 N–H and O–H groups in total. The number of rotatable bonds is 14. The average Bonchev–Trinajstić information content (AvgIpc) is 3.07. The van der Waals surface area contributed by atoms with Crippen molar-refractivity contribution in [1.29, 1.82) is 0 Å². The van der Waals surface area contributed by atoms with Crippen molar-refractivity contribution in [2.45, 2.75) is 85.0 Å². The molecule has 0 radical (unpaired) electrons. The molecular formula is C22H41N2NaO4. The standard InChI is InChI=1S/C10H16N2O3.C10H20O.C2H6.Na/c1-12-7-11-5-9(12)3-8(6-15-2)4-10(13)14;1-2-3-4-5-6-7-8-9-10-11;1-2;/h5,7-8H,3-4,6H2,1-2H3,(H,13,14);10H,2-9H2,1H3;1-2H3;/q;;;+1/p-1. The zero-order chi connectivity index (χ0) is 21.6. The van der Waals surface area contributed by atoms with Crippen LogP contribution in [0.2, 0.25) is 0 Å². The van der Waals surface area contributed by atoms with Crippen molar-refractivity contribution in [2.24, 2.45) is 13.0 Å². The molecule has 1 rings (SSSR count). The summed E-state index contributed by atoms with van der Waals surface area (Å²) in [6.45, 7) is 6.64. The molecule has 0 saturated heterocycles. The van der Waals surface area contributed by atoms with Gasteiger partial charge in [0.2, 0.25) is 0 Å². The van der Waals surface area contributed by atoms with Gasteiger partial charge in [-0.05, 0) is 25.2 Å². The minimum absolute atomic E-state index is 0. The number of methoxy groups -OCH3 is 1. The summed E-state index contributed by atoms with van der Waals surface area (Å²) in [6, 6.07) is 0. The van der Waals surface area contributed by atoms with Crippen LogP contribution < -0.4 is 34.7 Å². The number of hydrogen-bond donors (Lipinski definition) is 0. The van der Waals surface area contributed by atoms with Gasteiger partial charge in [-0.3, -0.25) is 0 Å². The number of carboxylic acids is 1. The van der Waals surface area contributed by atoms with Crippen molar-refractivity contribution in [1.82, 2.24) is 9.55 Å². The number of aliphatic carboxylic acids is 1. The second-order valence-corrected chi connectivity index (χ2v) is 6.67. The fourth-order valence-electron chi connectivity index (χ4n) is 2.72. The number of carbonyl (C=O) groups is 2. The van der Waals surface area contributed by atoms with Gasteiger partial charge in [-0.25, -0.2) is 4.98 Å². The Morgan fingerprint density at radius 2 is 1.79 bits per heavy atom. The number of carbonyl (C=O) groups excluding carboxylic acids is 2. The Morgan fingerprint density at radius 1 is 1.21 bits per heavy atom. The average molecular weight is 421 g/mol. The van der Waals surface area contributed by atoms with Gasteiger partial charge in [-0.15, -0.1) is 0 Å². The van der Waals surface area contributed by atoms with Crippen molar-refractivity contribution in [2.75, 3.05) is 13.7 Å². The first kappa shape index (κ1) is 33.0. The van der Waals surface area contributed by atoms with Crippen LogP contribution in [0, 0.1) is 5.92 Å². The van der Waals surface area contributed by atoms with E-state index >= 15 is 0 Å². The Labute approximate surface area is 200 Å². The summed E-state index contributed by atoms with van der Waals surface area (Å²) in [5.74, 6) is -1.10. The quantitative estimate of drug-likeness (QED) is 0.252. The fourth-order valence-corrected chi connectivity index (χ4v) is 2.72.